The highest BCUT2D eigenvalue weighted by atomic mass is 16.6. The Morgan fingerprint density at radius 1 is 0.917 bits per heavy atom. The number of phenols is 1. The van der Waals surface area contributed by atoms with Crippen LogP contribution in [-0.4, -0.2) is 44.7 Å². The molecule has 2 aliphatic rings. The normalized spacial score (nSPS) is 21.8. The summed E-state index contributed by atoms with van der Waals surface area (Å²) in [5.41, 5.74) is 3.27. The number of hydrogen-bond acceptors (Lipinski definition) is 4. The summed E-state index contributed by atoms with van der Waals surface area (Å²) in [6.45, 7) is 5.14. The summed E-state index contributed by atoms with van der Waals surface area (Å²) in [6.07, 6.45) is 3.36. The maximum atomic E-state index is 13.4. The van der Waals surface area contributed by atoms with Crippen molar-refractivity contribution in [1.29, 1.82) is 0 Å². The van der Waals surface area contributed by atoms with E-state index in [1.165, 1.54) is 10.9 Å². The predicted octanol–water partition coefficient (Wildman–Crippen LogP) is 5.78. The first-order valence-electron chi connectivity index (χ1n) is 12.6. The van der Waals surface area contributed by atoms with Crippen molar-refractivity contribution in [3.05, 3.63) is 102 Å². The van der Waals surface area contributed by atoms with Gasteiger partial charge in [-0.3, -0.25) is 9.80 Å². The summed E-state index contributed by atoms with van der Waals surface area (Å²) >= 11 is 0. The topological polar surface area (TPSA) is 68.8 Å². The van der Waals surface area contributed by atoms with E-state index in [-0.39, 0.29) is 11.8 Å². The van der Waals surface area contributed by atoms with Crippen LogP contribution in [-0.2, 0) is 23.4 Å². The smallest absolute Gasteiger partial charge is 0.411 e. The van der Waals surface area contributed by atoms with Gasteiger partial charge in [0.15, 0.2) is 0 Å². The fourth-order valence-corrected chi connectivity index (χ4v) is 6.10. The number of nitrogens with zero attached hydrogens (tertiary/aromatic N) is 2. The molecular weight excluding hydrogens is 450 g/mol. The number of ether oxygens (including phenoxy) is 1. The molecule has 1 unspecified atom stereocenters. The number of carbonyl (C=O) groups is 1. The third-order valence-electron chi connectivity index (χ3n) is 8.28. The van der Waals surface area contributed by atoms with Crippen LogP contribution in [0.25, 0.3) is 10.9 Å². The second kappa shape index (κ2) is 8.71. The van der Waals surface area contributed by atoms with Gasteiger partial charge in [-0.05, 0) is 41.8 Å². The van der Waals surface area contributed by atoms with Crippen molar-refractivity contribution < 1.29 is 14.6 Å². The average Bonchev–Trinajstić information content (AvgIpc) is 3.40. The van der Waals surface area contributed by atoms with Crippen molar-refractivity contribution in [3.63, 3.8) is 0 Å². The van der Waals surface area contributed by atoms with E-state index < -0.39 is 11.1 Å². The quantitative estimate of drug-likeness (QED) is 0.379. The number of phenolic OH excluding ortho intramolecular Hbond substituents is 1. The number of aromatic nitrogens is 1. The first-order chi connectivity index (χ1) is 17.5. The van der Waals surface area contributed by atoms with E-state index in [4.69, 9.17) is 4.74 Å². The molecular formula is C30H31N3O3. The summed E-state index contributed by atoms with van der Waals surface area (Å²) in [5, 5.41) is 11.0. The molecule has 2 aliphatic heterocycles. The molecule has 6 nitrogen and oxygen atoms in total. The lowest BCUT2D eigenvalue weighted by Gasteiger charge is -2.48. The van der Waals surface area contributed by atoms with E-state index in [0.717, 1.165) is 49.1 Å². The van der Waals surface area contributed by atoms with Gasteiger partial charge < -0.3 is 14.8 Å². The molecule has 184 valence electrons. The minimum absolute atomic E-state index is 0.215. The van der Waals surface area contributed by atoms with Crippen LogP contribution in [0.1, 0.15) is 36.5 Å². The fourth-order valence-electron chi connectivity index (χ4n) is 6.10. The second-order valence-electron chi connectivity index (χ2n) is 10.2. The van der Waals surface area contributed by atoms with Crippen LogP contribution in [0.5, 0.6) is 5.75 Å². The number of fused-ring (bicyclic) bond motifs is 1. The molecule has 36 heavy (non-hydrogen) atoms. The number of hydrogen-bond donors (Lipinski definition) is 2. The van der Waals surface area contributed by atoms with E-state index in [1.54, 1.807) is 12.1 Å². The second-order valence-corrected chi connectivity index (χ2v) is 10.2. The number of likely N-dealkylation sites (tertiary alicyclic amines) is 1. The molecule has 2 saturated heterocycles. The SMILES string of the molecule is CC1(c2ccccc2)N(Cc2ccc(O)cc2)C(=O)OC12CCN(Cc1c[nH]c3ccccc13)CC2. The maximum absolute atomic E-state index is 13.4. The summed E-state index contributed by atoms with van der Waals surface area (Å²) in [7, 11) is 0. The van der Waals surface area contributed by atoms with E-state index in [0.29, 0.717) is 6.54 Å². The van der Waals surface area contributed by atoms with Crippen LogP contribution in [0.3, 0.4) is 0 Å². The van der Waals surface area contributed by atoms with Gasteiger partial charge in [-0.1, -0.05) is 60.7 Å². The molecule has 2 N–H and O–H groups in total. The first-order valence-corrected chi connectivity index (χ1v) is 12.6. The van der Waals surface area contributed by atoms with Gasteiger partial charge in [-0.25, -0.2) is 4.79 Å². The summed E-state index contributed by atoms with van der Waals surface area (Å²) < 4.78 is 6.33. The van der Waals surface area contributed by atoms with Crippen LogP contribution >= 0.6 is 0 Å². The number of H-pyrrole nitrogens is 1. The zero-order chi connectivity index (χ0) is 24.8. The minimum atomic E-state index is -0.615. The molecule has 0 saturated carbocycles. The molecule has 4 aromatic rings. The Morgan fingerprint density at radius 3 is 2.36 bits per heavy atom. The maximum Gasteiger partial charge on any atom is 0.411 e. The number of amides is 1. The van der Waals surface area contributed by atoms with Crippen molar-refractivity contribution in [2.45, 2.75) is 44.0 Å². The van der Waals surface area contributed by atoms with Gasteiger partial charge in [0.05, 0.1) is 6.54 Å². The van der Waals surface area contributed by atoms with Crippen molar-refractivity contribution in [2.75, 3.05) is 13.1 Å². The highest BCUT2D eigenvalue weighted by Gasteiger charge is 2.63. The molecule has 0 aliphatic carbocycles. The van der Waals surface area contributed by atoms with Gasteiger partial charge in [-0.2, -0.15) is 0 Å². The molecule has 3 aromatic carbocycles. The molecule has 1 spiro atoms. The van der Waals surface area contributed by atoms with Gasteiger partial charge >= 0.3 is 6.09 Å². The van der Waals surface area contributed by atoms with Crippen LogP contribution in [0.4, 0.5) is 4.79 Å². The zero-order valence-electron chi connectivity index (χ0n) is 20.5. The van der Waals surface area contributed by atoms with Crippen molar-refractivity contribution in [3.8, 4) is 5.75 Å². The molecule has 6 rings (SSSR count). The zero-order valence-corrected chi connectivity index (χ0v) is 20.5. The monoisotopic (exact) mass is 481 g/mol. The van der Waals surface area contributed by atoms with Gasteiger partial charge in [0, 0.05) is 49.6 Å². The number of benzene rings is 3. The third-order valence-corrected chi connectivity index (χ3v) is 8.28. The number of nitrogens with one attached hydrogen (secondary N) is 1. The van der Waals surface area contributed by atoms with Crippen LogP contribution < -0.4 is 0 Å². The third kappa shape index (κ3) is 3.64. The van der Waals surface area contributed by atoms with Crippen LogP contribution in [0.15, 0.2) is 85.1 Å². The number of aromatic hydroxyl groups is 1. The van der Waals surface area contributed by atoms with E-state index >= 15 is 0 Å². The van der Waals surface area contributed by atoms with Crippen LogP contribution in [0.2, 0.25) is 0 Å². The first kappa shape index (κ1) is 22.7. The van der Waals surface area contributed by atoms with Crippen molar-refractivity contribution >= 4 is 17.0 Å². The van der Waals surface area contributed by atoms with E-state index in [9.17, 15) is 9.90 Å². The van der Waals surface area contributed by atoms with E-state index in [2.05, 4.69) is 59.4 Å². The van der Waals surface area contributed by atoms with Gasteiger partial charge in [0.1, 0.15) is 16.9 Å². The summed E-state index contributed by atoms with van der Waals surface area (Å²) in [5.74, 6) is 0.215. The number of rotatable bonds is 5. The van der Waals surface area contributed by atoms with E-state index in [1.807, 2.05) is 35.2 Å². The highest BCUT2D eigenvalue weighted by Crippen LogP contribution is 2.52. The fraction of sp³-hybridized carbons (Fsp3) is 0.300. The number of carbonyl (C=O) groups excluding carboxylic acids is 1. The Labute approximate surface area is 211 Å². The summed E-state index contributed by atoms with van der Waals surface area (Å²) in [4.78, 5) is 21.1. The number of aromatic amines is 1. The van der Waals surface area contributed by atoms with Gasteiger partial charge in [0.25, 0.3) is 0 Å². The Hall–Kier alpha value is -3.77. The molecule has 2 fully saturated rings. The predicted molar refractivity (Wildman–Crippen MR) is 139 cm³/mol. The molecule has 1 amide bonds. The minimum Gasteiger partial charge on any atom is -0.508 e. The Kier molecular flexibility index (Phi) is 5.49. The molecule has 0 bridgehead atoms. The number of piperidine rings is 1. The molecule has 0 radical (unpaired) electrons. The highest BCUT2D eigenvalue weighted by molar-refractivity contribution is 5.83. The Balaban J connectivity index is 1.28. The molecule has 3 heterocycles. The molecule has 1 atom stereocenters. The lowest BCUT2D eigenvalue weighted by Crippen LogP contribution is -2.58. The standard InChI is InChI=1S/C30H31N3O3/c1-29(24-7-3-2-4-8-24)30(36-28(35)33(29)20-22-11-13-25(34)14-12-22)15-17-32(18-16-30)21-23-19-31-27-10-6-5-9-26(23)27/h2-14,19,31,34H,15-18,20-21H2,1H3. The Bertz CT molecular complexity index is 1370. The Morgan fingerprint density at radius 2 is 1.61 bits per heavy atom. The lowest BCUT2D eigenvalue weighted by molar-refractivity contribution is -0.0613. The van der Waals surface area contributed by atoms with Gasteiger partial charge in [0.2, 0.25) is 0 Å². The lowest BCUT2D eigenvalue weighted by atomic mass is 9.70. The summed E-state index contributed by atoms with van der Waals surface area (Å²) in [6, 6.07) is 25.7. The molecule has 1 aromatic heterocycles. The van der Waals surface area contributed by atoms with Crippen LogP contribution in [0, 0.1) is 0 Å². The van der Waals surface area contributed by atoms with Gasteiger partial charge in [-0.15, -0.1) is 0 Å². The van der Waals surface area contributed by atoms with Crippen molar-refractivity contribution in [2.24, 2.45) is 0 Å². The average molecular weight is 482 g/mol. The van der Waals surface area contributed by atoms with Crippen molar-refractivity contribution in [1.82, 2.24) is 14.8 Å². The largest absolute Gasteiger partial charge is 0.508 e. The number of para-hydroxylation sites is 1. The molecule has 6 heteroatoms.